The van der Waals surface area contributed by atoms with E-state index in [0.29, 0.717) is 35.8 Å². The van der Waals surface area contributed by atoms with Gasteiger partial charge in [0.25, 0.3) is 0 Å². The number of ketones is 1. The summed E-state index contributed by atoms with van der Waals surface area (Å²) in [5.74, 6) is 1.08. The predicted molar refractivity (Wildman–Crippen MR) is 84.5 cm³/mol. The zero-order valence-corrected chi connectivity index (χ0v) is 12.8. The fourth-order valence-corrected chi connectivity index (χ4v) is 2.10. The highest BCUT2D eigenvalue weighted by molar-refractivity contribution is 5.99. The number of ether oxygens (including phenoxy) is 2. The van der Waals surface area contributed by atoms with Gasteiger partial charge in [-0.25, -0.2) is 0 Å². The van der Waals surface area contributed by atoms with Crippen LogP contribution in [0.1, 0.15) is 35.9 Å². The van der Waals surface area contributed by atoms with Gasteiger partial charge in [0.05, 0.1) is 13.2 Å². The van der Waals surface area contributed by atoms with Gasteiger partial charge in [-0.05, 0) is 55.8 Å². The molecule has 0 aromatic heterocycles. The summed E-state index contributed by atoms with van der Waals surface area (Å²) < 4.78 is 10.7. The second-order valence-corrected chi connectivity index (χ2v) is 4.73. The van der Waals surface area contributed by atoms with Crippen molar-refractivity contribution in [2.24, 2.45) is 0 Å². The minimum absolute atomic E-state index is 0.341. The quantitative estimate of drug-likeness (QED) is 0.796. The molecule has 2 rings (SSSR count). The lowest BCUT2D eigenvalue weighted by Crippen LogP contribution is -2.12. The van der Waals surface area contributed by atoms with E-state index in [-0.39, 0.29) is 5.78 Å². The Labute approximate surface area is 130 Å². The number of rotatable bonds is 7. The zero-order chi connectivity index (χ0) is 15.9. The van der Waals surface area contributed by atoms with Gasteiger partial charge in [-0.15, -0.1) is 0 Å². The highest BCUT2D eigenvalue weighted by atomic mass is 16.5. The molecule has 0 radical (unpaired) electrons. The van der Waals surface area contributed by atoms with E-state index in [0.717, 1.165) is 0 Å². The van der Waals surface area contributed by atoms with Gasteiger partial charge in [0.15, 0.2) is 5.78 Å². The highest BCUT2D eigenvalue weighted by Gasteiger charge is 2.19. The monoisotopic (exact) mass is 300 g/mol. The van der Waals surface area contributed by atoms with E-state index < -0.39 is 6.10 Å². The van der Waals surface area contributed by atoms with Gasteiger partial charge in [-0.2, -0.15) is 0 Å². The Hall–Kier alpha value is -2.33. The Morgan fingerprint density at radius 2 is 1.36 bits per heavy atom. The van der Waals surface area contributed by atoms with Crippen LogP contribution in [0, 0.1) is 0 Å². The third-order valence-electron chi connectivity index (χ3n) is 3.21. The van der Waals surface area contributed by atoms with E-state index in [9.17, 15) is 9.90 Å². The maximum absolute atomic E-state index is 12.3. The molecule has 22 heavy (non-hydrogen) atoms. The average molecular weight is 300 g/mol. The molecule has 0 amide bonds. The summed E-state index contributed by atoms with van der Waals surface area (Å²) in [6.07, 6.45) is -1.19. The molecule has 4 nitrogen and oxygen atoms in total. The molecular formula is C18H20O4. The van der Waals surface area contributed by atoms with Crippen LogP contribution >= 0.6 is 0 Å². The van der Waals surface area contributed by atoms with Gasteiger partial charge in [-0.1, -0.05) is 12.1 Å². The van der Waals surface area contributed by atoms with Crippen molar-refractivity contribution in [2.45, 2.75) is 20.0 Å². The summed E-state index contributed by atoms with van der Waals surface area (Å²) in [6.45, 7) is 4.95. The fourth-order valence-electron chi connectivity index (χ4n) is 2.10. The zero-order valence-electron chi connectivity index (χ0n) is 12.8. The Morgan fingerprint density at radius 3 is 1.82 bits per heavy atom. The first kappa shape index (κ1) is 16.0. The third-order valence-corrected chi connectivity index (χ3v) is 3.21. The van der Waals surface area contributed by atoms with E-state index in [1.807, 2.05) is 13.8 Å². The standard InChI is InChI=1S/C18H20O4/c1-3-21-15-9-5-13(6-10-15)17(19)18(20)14-7-11-16(12-8-14)22-4-2/h5-12,17,19H,3-4H2,1-2H3/t17-/m0/s1. The molecule has 0 saturated heterocycles. The second-order valence-electron chi connectivity index (χ2n) is 4.73. The van der Waals surface area contributed by atoms with Crippen LogP contribution in [0.25, 0.3) is 0 Å². The number of carbonyl (C=O) groups is 1. The Kier molecular flexibility index (Phi) is 5.55. The molecule has 116 valence electrons. The molecule has 0 aliphatic heterocycles. The summed E-state index contributed by atoms with van der Waals surface area (Å²) in [6, 6.07) is 13.6. The summed E-state index contributed by atoms with van der Waals surface area (Å²) in [5, 5.41) is 10.2. The van der Waals surface area contributed by atoms with Crippen molar-refractivity contribution in [3.8, 4) is 11.5 Å². The predicted octanol–water partition coefficient (Wildman–Crippen LogP) is 3.40. The Balaban J connectivity index is 2.10. The van der Waals surface area contributed by atoms with Crippen LogP contribution in [0.2, 0.25) is 0 Å². The van der Waals surface area contributed by atoms with Crippen LogP contribution in [0.3, 0.4) is 0 Å². The fraction of sp³-hybridized carbons (Fsp3) is 0.278. The number of carbonyl (C=O) groups excluding carboxylic acids is 1. The molecule has 0 saturated carbocycles. The van der Waals surface area contributed by atoms with Crippen molar-refractivity contribution < 1.29 is 19.4 Å². The first-order valence-corrected chi connectivity index (χ1v) is 7.33. The maximum atomic E-state index is 12.3. The number of Topliss-reactive ketones (excluding diaryl/α,β-unsaturated/α-hetero) is 1. The summed E-state index contributed by atoms with van der Waals surface area (Å²) in [7, 11) is 0. The van der Waals surface area contributed by atoms with Gasteiger partial charge in [0.2, 0.25) is 0 Å². The lowest BCUT2D eigenvalue weighted by molar-refractivity contribution is 0.0747. The summed E-state index contributed by atoms with van der Waals surface area (Å²) >= 11 is 0. The normalized spacial score (nSPS) is 11.8. The topological polar surface area (TPSA) is 55.8 Å². The van der Waals surface area contributed by atoms with Crippen molar-refractivity contribution in [2.75, 3.05) is 13.2 Å². The number of hydrogen-bond donors (Lipinski definition) is 1. The number of hydrogen-bond acceptors (Lipinski definition) is 4. The highest BCUT2D eigenvalue weighted by Crippen LogP contribution is 2.22. The van der Waals surface area contributed by atoms with Crippen LogP contribution in [-0.4, -0.2) is 24.1 Å². The van der Waals surface area contributed by atoms with Crippen molar-refractivity contribution in [1.82, 2.24) is 0 Å². The molecule has 1 N–H and O–H groups in total. The number of aliphatic hydroxyl groups excluding tert-OH is 1. The van der Waals surface area contributed by atoms with Gasteiger partial charge in [0, 0.05) is 5.56 Å². The SMILES string of the molecule is CCOc1ccc(C(=O)[C@@H](O)c2ccc(OCC)cc2)cc1. The van der Waals surface area contributed by atoms with Crippen LogP contribution < -0.4 is 9.47 Å². The molecule has 0 fully saturated rings. The van der Waals surface area contributed by atoms with Crippen LogP contribution in [0.4, 0.5) is 0 Å². The Morgan fingerprint density at radius 1 is 0.909 bits per heavy atom. The molecular weight excluding hydrogens is 280 g/mol. The number of benzene rings is 2. The lowest BCUT2D eigenvalue weighted by atomic mass is 10.00. The smallest absolute Gasteiger partial charge is 0.195 e. The van der Waals surface area contributed by atoms with E-state index >= 15 is 0 Å². The molecule has 2 aromatic carbocycles. The molecule has 0 spiro atoms. The average Bonchev–Trinajstić information content (AvgIpc) is 2.55. The molecule has 0 aliphatic rings. The summed E-state index contributed by atoms with van der Waals surface area (Å²) in [5.41, 5.74) is 0.993. The molecule has 1 atom stereocenters. The molecule has 0 unspecified atom stereocenters. The largest absolute Gasteiger partial charge is 0.494 e. The van der Waals surface area contributed by atoms with Gasteiger partial charge >= 0.3 is 0 Å². The lowest BCUT2D eigenvalue weighted by Gasteiger charge is -2.11. The first-order valence-electron chi connectivity index (χ1n) is 7.33. The first-order chi connectivity index (χ1) is 10.7. The molecule has 0 aliphatic carbocycles. The van der Waals surface area contributed by atoms with E-state index in [1.165, 1.54) is 0 Å². The molecule has 4 heteroatoms. The van der Waals surface area contributed by atoms with Gasteiger partial charge in [-0.3, -0.25) is 4.79 Å². The maximum Gasteiger partial charge on any atom is 0.195 e. The van der Waals surface area contributed by atoms with Crippen molar-refractivity contribution in [3.05, 3.63) is 59.7 Å². The van der Waals surface area contributed by atoms with Crippen LogP contribution in [-0.2, 0) is 0 Å². The minimum atomic E-state index is -1.19. The van der Waals surface area contributed by atoms with Crippen LogP contribution in [0.15, 0.2) is 48.5 Å². The molecule has 0 heterocycles. The molecule has 0 bridgehead atoms. The minimum Gasteiger partial charge on any atom is -0.494 e. The van der Waals surface area contributed by atoms with Crippen molar-refractivity contribution in [1.29, 1.82) is 0 Å². The van der Waals surface area contributed by atoms with E-state index in [4.69, 9.17) is 9.47 Å². The van der Waals surface area contributed by atoms with E-state index in [1.54, 1.807) is 48.5 Å². The molecule has 2 aromatic rings. The van der Waals surface area contributed by atoms with Gasteiger partial charge < -0.3 is 14.6 Å². The van der Waals surface area contributed by atoms with Crippen LogP contribution in [0.5, 0.6) is 11.5 Å². The Bertz CT molecular complexity index is 602. The van der Waals surface area contributed by atoms with Crippen molar-refractivity contribution in [3.63, 3.8) is 0 Å². The van der Waals surface area contributed by atoms with Gasteiger partial charge in [0.1, 0.15) is 17.6 Å². The second kappa shape index (κ2) is 7.61. The van der Waals surface area contributed by atoms with Crippen molar-refractivity contribution >= 4 is 5.78 Å². The number of aliphatic hydroxyl groups is 1. The third kappa shape index (κ3) is 3.86. The van der Waals surface area contributed by atoms with E-state index in [2.05, 4.69) is 0 Å². The summed E-state index contributed by atoms with van der Waals surface area (Å²) in [4.78, 5) is 12.3.